The van der Waals surface area contributed by atoms with Crippen molar-refractivity contribution in [2.75, 3.05) is 0 Å². The fourth-order valence-corrected chi connectivity index (χ4v) is 4.46. The van der Waals surface area contributed by atoms with Crippen molar-refractivity contribution in [3.8, 4) is 16.4 Å². The molecule has 148 valence electrons. The van der Waals surface area contributed by atoms with Crippen LogP contribution in [0.3, 0.4) is 0 Å². The third-order valence-corrected chi connectivity index (χ3v) is 6.89. The molecular weight excluding hydrogens is 404 g/mol. The molecule has 0 spiro atoms. The maximum Gasteiger partial charge on any atom is 0.355 e. The van der Waals surface area contributed by atoms with Crippen LogP contribution in [-0.4, -0.2) is 36.1 Å². The summed E-state index contributed by atoms with van der Waals surface area (Å²) in [6.07, 6.45) is 0. The van der Waals surface area contributed by atoms with E-state index in [4.69, 9.17) is 10.1 Å². The summed E-state index contributed by atoms with van der Waals surface area (Å²) in [6, 6.07) is 14.0. The summed E-state index contributed by atoms with van der Waals surface area (Å²) in [6.45, 7) is 6.57. The minimum atomic E-state index is -1.05. The number of aromatic nitrogens is 4. The molecule has 0 aliphatic carbocycles. The Morgan fingerprint density at radius 2 is 1.86 bits per heavy atom. The lowest BCUT2D eigenvalue weighted by atomic mass is 10.1. The molecule has 0 saturated carbocycles. The number of aromatic carboxylic acids is 1. The van der Waals surface area contributed by atoms with Gasteiger partial charge in [-0.2, -0.15) is 9.78 Å². The smallest absolute Gasteiger partial charge is 0.355 e. The number of pyridine rings is 1. The van der Waals surface area contributed by atoms with Crippen LogP contribution in [0.4, 0.5) is 0 Å². The quantitative estimate of drug-likeness (QED) is 0.419. The molecule has 0 aliphatic rings. The van der Waals surface area contributed by atoms with Crippen LogP contribution >= 0.6 is 23.1 Å². The fourth-order valence-electron chi connectivity index (χ4n) is 2.77. The highest BCUT2D eigenvalue weighted by atomic mass is 32.2. The summed E-state index contributed by atoms with van der Waals surface area (Å²) in [5, 5.41) is 18.2. The lowest BCUT2D eigenvalue weighted by Gasteiger charge is -2.14. The monoisotopic (exact) mass is 424 g/mol. The van der Waals surface area contributed by atoms with Crippen molar-refractivity contribution in [2.24, 2.45) is 5.92 Å². The van der Waals surface area contributed by atoms with Gasteiger partial charge in [0.15, 0.2) is 11.3 Å². The minimum absolute atomic E-state index is 0.00821. The summed E-state index contributed by atoms with van der Waals surface area (Å²) >= 11 is 2.96. The fraction of sp³-hybridized carbons (Fsp3) is 0.238. The van der Waals surface area contributed by atoms with Gasteiger partial charge in [-0.1, -0.05) is 51.1 Å². The van der Waals surface area contributed by atoms with Crippen molar-refractivity contribution in [1.29, 1.82) is 0 Å². The molecule has 1 unspecified atom stereocenters. The Bertz CT molecular complexity index is 1170. The van der Waals surface area contributed by atoms with Gasteiger partial charge in [-0.3, -0.25) is 0 Å². The molecule has 6 nitrogen and oxygen atoms in total. The predicted octanol–water partition coefficient (Wildman–Crippen LogP) is 5.38. The molecule has 0 radical (unpaired) electrons. The van der Waals surface area contributed by atoms with E-state index in [1.165, 1.54) is 16.7 Å². The molecule has 4 rings (SSSR count). The highest BCUT2D eigenvalue weighted by Crippen LogP contribution is 2.33. The molecule has 8 heteroatoms. The molecule has 1 atom stereocenters. The lowest BCUT2D eigenvalue weighted by molar-refractivity contribution is 0.0691. The molecule has 0 bridgehead atoms. The van der Waals surface area contributed by atoms with Crippen LogP contribution in [0, 0.1) is 5.92 Å². The summed E-state index contributed by atoms with van der Waals surface area (Å²) in [5.41, 5.74) is 2.46. The zero-order chi connectivity index (χ0) is 20.5. The van der Waals surface area contributed by atoms with Crippen molar-refractivity contribution >= 4 is 40.1 Å². The molecule has 0 fully saturated rings. The van der Waals surface area contributed by atoms with E-state index in [0.29, 0.717) is 21.9 Å². The van der Waals surface area contributed by atoms with Crippen molar-refractivity contribution in [3.05, 3.63) is 53.5 Å². The predicted molar refractivity (Wildman–Crippen MR) is 117 cm³/mol. The van der Waals surface area contributed by atoms with Gasteiger partial charge in [0.2, 0.25) is 5.13 Å². The number of hydrogen-bond acceptors (Lipinski definition) is 6. The largest absolute Gasteiger partial charge is 0.476 e. The number of thiazole rings is 1. The molecule has 1 aromatic carbocycles. The van der Waals surface area contributed by atoms with Crippen molar-refractivity contribution in [2.45, 2.75) is 31.0 Å². The Morgan fingerprint density at radius 3 is 2.52 bits per heavy atom. The van der Waals surface area contributed by atoms with Gasteiger partial charge >= 0.3 is 5.97 Å². The van der Waals surface area contributed by atoms with Crippen molar-refractivity contribution < 1.29 is 9.90 Å². The number of carbonyl (C=O) groups is 1. The zero-order valence-corrected chi connectivity index (χ0v) is 17.9. The van der Waals surface area contributed by atoms with Gasteiger partial charge in [-0.05, 0) is 18.1 Å². The number of fused-ring (bicyclic) bond motifs is 1. The molecule has 3 heterocycles. The van der Waals surface area contributed by atoms with Crippen LogP contribution < -0.4 is 0 Å². The number of benzene rings is 1. The topological polar surface area (TPSA) is 80.9 Å². The average Bonchev–Trinajstić information content (AvgIpc) is 3.33. The van der Waals surface area contributed by atoms with Crippen LogP contribution in [0.15, 0.2) is 52.9 Å². The number of rotatable bonds is 6. The lowest BCUT2D eigenvalue weighted by Crippen LogP contribution is -2.06. The zero-order valence-electron chi connectivity index (χ0n) is 16.2. The second-order valence-corrected chi connectivity index (χ2v) is 9.27. The number of nitrogens with zero attached hydrogens (tertiary/aromatic N) is 4. The van der Waals surface area contributed by atoms with Gasteiger partial charge in [0.1, 0.15) is 5.69 Å². The van der Waals surface area contributed by atoms with E-state index in [2.05, 4.69) is 25.8 Å². The Morgan fingerprint density at radius 1 is 1.10 bits per heavy atom. The Kier molecular flexibility index (Phi) is 5.38. The third-order valence-electron chi connectivity index (χ3n) is 4.69. The molecule has 29 heavy (non-hydrogen) atoms. The summed E-state index contributed by atoms with van der Waals surface area (Å²) in [7, 11) is 0. The number of carboxylic acids is 1. The first-order valence-electron chi connectivity index (χ1n) is 9.25. The average molecular weight is 425 g/mol. The highest BCUT2D eigenvalue weighted by Gasteiger charge is 2.19. The SMILES string of the molecule is CC(C)C(C)Sc1ccc2c(-c3ccccc3)nn(-c3nc(C(=O)O)cs3)c2n1. The Hall–Kier alpha value is -2.71. The molecular formula is C21H20N4O2S2. The normalized spacial score (nSPS) is 12.6. The van der Waals surface area contributed by atoms with Gasteiger partial charge in [0, 0.05) is 21.6 Å². The summed E-state index contributed by atoms with van der Waals surface area (Å²) in [5.74, 6) is -0.526. The third kappa shape index (κ3) is 3.90. The van der Waals surface area contributed by atoms with Gasteiger partial charge < -0.3 is 5.11 Å². The molecule has 0 aliphatic heterocycles. The van der Waals surface area contributed by atoms with Gasteiger partial charge in [-0.25, -0.2) is 14.8 Å². The van der Waals surface area contributed by atoms with E-state index < -0.39 is 5.97 Å². The van der Waals surface area contributed by atoms with E-state index in [1.807, 2.05) is 42.5 Å². The standard InChI is InChI=1S/C21H20N4O2S2/c1-12(2)13(3)29-17-10-9-15-18(14-7-5-4-6-8-14)24-25(19(15)23-17)21-22-16(11-28-21)20(26)27/h4-13H,1-3H3,(H,26,27). The maximum absolute atomic E-state index is 11.3. The molecule has 0 amide bonds. The van der Waals surface area contributed by atoms with E-state index >= 15 is 0 Å². The van der Waals surface area contributed by atoms with Crippen LogP contribution in [0.5, 0.6) is 0 Å². The Balaban J connectivity index is 1.88. The first kappa shape index (κ1) is 19.6. The molecule has 0 saturated heterocycles. The van der Waals surface area contributed by atoms with E-state index in [-0.39, 0.29) is 5.69 Å². The maximum atomic E-state index is 11.3. The van der Waals surface area contributed by atoms with Crippen LogP contribution in [0.1, 0.15) is 31.3 Å². The van der Waals surface area contributed by atoms with E-state index in [9.17, 15) is 9.90 Å². The van der Waals surface area contributed by atoms with E-state index in [0.717, 1.165) is 21.7 Å². The van der Waals surface area contributed by atoms with Crippen molar-refractivity contribution in [3.63, 3.8) is 0 Å². The number of carboxylic acid groups (broad SMARTS) is 1. The van der Waals surface area contributed by atoms with Gasteiger partial charge in [-0.15, -0.1) is 23.1 Å². The summed E-state index contributed by atoms with van der Waals surface area (Å²) in [4.78, 5) is 20.4. The minimum Gasteiger partial charge on any atom is -0.476 e. The molecule has 1 N–H and O–H groups in total. The van der Waals surface area contributed by atoms with Gasteiger partial charge in [0.05, 0.1) is 5.03 Å². The van der Waals surface area contributed by atoms with Crippen LogP contribution in [-0.2, 0) is 0 Å². The first-order chi connectivity index (χ1) is 13.9. The van der Waals surface area contributed by atoms with Crippen LogP contribution in [0.2, 0.25) is 0 Å². The van der Waals surface area contributed by atoms with Gasteiger partial charge in [0.25, 0.3) is 0 Å². The van der Waals surface area contributed by atoms with E-state index in [1.54, 1.807) is 16.4 Å². The number of hydrogen-bond donors (Lipinski definition) is 1. The van der Waals surface area contributed by atoms with Crippen molar-refractivity contribution in [1.82, 2.24) is 19.7 Å². The van der Waals surface area contributed by atoms with Crippen LogP contribution in [0.25, 0.3) is 27.4 Å². The summed E-state index contributed by atoms with van der Waals surface area (Å²) < 4.78 is 1.65. The highest BCUT2D eigenvalue weighted by molar-refractivity contribution is 7.99. The Labute approximate surface area is 176 Å². The molecule has 3 aromatic heterocycles. The number of thioether (sulfide) groups is 1. The second-order valence-electron chi connectivity index (χ2n) is 7.03. The second kappa shape index (κ2) is 7.96. The first-order valence-corrected chi connectivity index (χ1v) is 11.0. The molecule has 4 aromatic rings.